The fourth-order valence-corrected chi connectivity index (χ4v) is 3.91. The van der Waals surface area contributed by atoms with E-state index in [9.17, 15) is 9.59 Å². The Morgan fingerprint density at radius 3 is 2.52 bits per heavy atom. The molecule has 0 fully saturated rings. The summed E-state index contributed by atoms with van der Waals surface area (Å²) < 4.78 is 0.988. The predicted molar refractivity (Wildman–Crippen MR) is 118 cm³/mol. The molecule has 3 aromatic carbocycles. The van der Waals surface area contributed by atoms with Crippen molar-refractivity contribution in [3.05, 3.63) is 99.5 Å². The molecule has 0 spiro atoms. The van der Waals surface area contributed by atoms with Crippen LogP contribution in [0.3, 0.4) is 0 Å². The monoisotopic (exact) mass is 448 g/mol. The minimum absolute atomic E-state index is 0.0938. The van der Waals surface area contributed by atoms with Gasteiger partial charge in [0.1, 0.15) is 6.04 Å². The lowest BCUT2D eigenvalue weighted by Crippen LogP contribution is -2.45. The van der Waals surface area contributed by atoms with E-state index in [-0.39, 0.29) is 11.8 Å². The molecule has 5 heteroatoms. The zero-order chi connectivity index (χ0) is 20.4. The number of carbonyl (C=O) groups excluding carboxylic acids is 2. The summed E-state index contributed by atoms with van der Waals surface area (Å²) in [5.41, 5.74) is 4.41. The van der Waals surface area contributed by atoms with Crippen molar-refractivity contribution in [3.63, 3.8) is 0 Å². The number of carbonyl (C=O) groups is 2. The average Bonchev–Trinajstić information content (AvgIpc) is 3.06. The summed E-state index contributed by atoms with van der Waals surface area (Å²) in [6.07, 6.45) is 0.460. The van der Waals surface area contributed by atoms with Crippen molar-refractivity contribution >= 4 is 33.4 Å². The molecule has 3 aromatic rings. The van der Waals surface area contributed by atoms with Crippen LogP contribution in [0.1, 0.15) is 27.0 Å². The van der Waals surface area contributed by atoms with E-state index in [0.29, 0.717) is 18.5 Å². The number of aryl methyl sites for hydroxylation is 1. The third kappa shape index (κ3) is 4.10. The zero-order valence-corrected chi connectivity index (χ0v) is 17.6. The Bertz CT molecular complexity index is 1070. The van der Waals surface area contributed by atoms with Crippen molar-refractivity contribution in [1.82, 2.24) is 4.90 Å². The van der Waals surface area contributed by atoms with Gasteiger partial charge in [0.15, 0.2) is 0 Å². The average molecular weight is 449 g/mol. The third-order valence-electron chi connectivity index (χ3n) is 5.23. The first-order chi connectivity index (χ1) is 14.0. The van der Waals surface area contributed by atoms with Crippen LogP contribution in [0.15, 0.2) is 77.3 Å². The molecule has 2 amide bonds. The molecule has 1 N–H and O–H groups in total. The van der Waals surface area contributed by atoms with Crippen LogP contribution in [0.25, 0.3) is 0 Å². The summed E-state index contributed by atoms with van der Waals surface area (Å²) in [5, 5.41) is 3.00. The first kappa shape index (κ1) is 19.4. The van der Waals surface area contributed by atoms with Crippen LogP contribution in [-0.2, 0) is 17.8 Å². The van der Waals surface area contributed by atoms with E-state index < -0.39 is 6.04 Å². The molecule has 1 aliphatic rings. The molecule has 0 aromatic heterocycles. The number of anilines is 1. The number of rotatable bonds is 5. The van der Waals surface area contributed by atoms with Crippen molar-refractivity contribution in [2.75, 3.05) is 5.32 Å². The van der Waals surface area contributed by atoms with Crippen LogP contribution in [0.4, 0.5) is 5.69 Å². The lowest BCUT2D eigenvalue weighted by atomic mass is 10.0. The molecule has 0 bridgehead atoms. The normalized spacial score (nSPS) is 13.9. The van der Waals surface area contributed by atoms with E-state index in [2.05, 4.69) is 21.2 Å². The van der Waals surface area contributed by atoms with Gasteiger partial charge in [-0.1, -0.05) is 64.5 Å². The highest BCUT2D eigenvalue weighted by molar-refractivity contribution is 9.10. The van der Waals surface area contributed by atoms with Gasteiger partial charge in [-0.25, -0.2) is 0 Å². The van der Waals surface area contributed by atoms with Gasteiger partial charge in [-0.2, -0.15) is 0 Å². The summed E-state index contributed by atoms with van der Waals surface area (Å²) in [6, 6.07) is 22.5. The molecule has 4 rings (SSSR count). The Labute approximate surface area is 178 Å². The van der Waals surface area contributed by atoms with Gasteiger partial charge >= 0.3 is 0 Å². The maximum Gasteiger partial charge on any atom is 0.255 e. The number of hydrogen-bond acceptors (Lipinski definition) is 2. The van der Waals surface area contributed by atoms with E-state index in [1.54, 1.807) is 4.90 Å². The smallest absolute Gasteiger partial charge is 0.255 e. The molecule has 146 valence electrons. The number of hydrogen-bond donors (Lipinski definition) is 1. The number of nitrogens with one attached hydrogen (secondary N) is 1. The topological polar surface area (TPSA) is 49.4 Å². The van der Waals surface area contributed by atoms with Gasteiger partial charge in [0.05, 0.1) is 0 Å². The second-order valence-corrected chi connectivity index (χ2v) is 8.10. The molecule has 4 nitrogen and oxygen atoms in total. The fraction of sp³-hybridized carbons (Fsp3) is 0.167. The Balaban J connectivity index is 1.62. The minimum Gasteiger partial charge on any atom is -0.324 e. The highest BCUT2D eigenvalue weighted by Gasteiger charge is 2.36. The van der Waals surface area contributed by atoms with Gasteiger partial charge in [-0.15, -0.1) is 0 Å². The van der Waals surface area contributed by atoms with E-state index in [4.69, 9.17) is 0 Å². The van der Waals surface area contributed by atoms with Gasteiger partial charge in [-0.3, -0.25) is 9.59 Å². The summed E-state index contributed by atoms with van der Waals surface area (Å²) in [7, 11) is 0. The van der Waals surface area contributed by atoms with Gasteiger partial charge < -0.3 is 10.2 Å². The largest absolute Gasteiger partial charge is 0.324 e. The zero-order valence-electron chi connectivity index (χ0n) is 16.1. The van der Waals surface area contributed by atoms with Gasteiger partial charge in [0, 0.05) is 28.7 Å². The Morgan fingerprint density at radius 2 is 1.79 bits per heavy atom. The van der Waals surface area contributed by atoms with Crippen molar-refractivity contribution in [2.24, 2.45) is 0 Å². The van der Waals surface area contributed by atoms with Crippen molar-refractivity contribution < 1.29 is 9.59 Å². The molecule has 29 heavy (non-hydrogen) atoms. The summed E-state index contributed by atoms with van der Waals surface area (Å²) in [5.74, 6) is -0.277. The van der Waals surface area contributed by atoms with Crippen LogP contribution in [0.5, 0.6) is 0 Å². The van der Waals surface area contributed by atoms with Crippen LogP contribution in [-0.4, -0.2) is 22.8 Å². The molecule has 1 atom stereocenters. The Morgan fingerprint density at radius 1 is 1.07 bits per heavy atom. The quantitative estimate of drug-likeness (QED) is 0.599. The van der Waals surface area contributed by atoms with Gasteiger partial charge in [0.2, 0.25) is 5.91 Å². The van der Waals surface area contributed by atoms with E-state index in [1.165, 1.54) is 0 Å². The van der Waals surface area contributed by atoms with Gasteiger partial charge in [0.25, 0.3) is 5.91 Å². The Kier molecular flexibility index (Phi) is 5.49. The molecular weight excluding hydrogens is 428 g/mol. The maximum absolute atomic E-state index is 13.3. The van der Waals surface area contributed by atoms with E-state index >= 15 is 0 Å². The van der Waals surface area contributed by atoms with Crippen molar-refractivity contribution in [2.45, 2.75) is 25.9 Å². The standard InChI is InChI=1S/C24H21BrN2O2/c1-16-13-19(11-12-21(16)25)26-23(28)22(14-17-7-3-2-4-8-17)27-15-18-9-5-6-10-20(18)24(27)29/h2-13,22H,14-15H2,1H3,(H,26,28). The molecule has 0 aliphatic carbocycles. The lowest BCUT2D eigenvalue weighted by Gasteiger charge is -2.27. The van der Waals surface area contributed by atoms with Crippen molar-refractivity contribution in [1.29, 1.82) is 0 Å². The molecule has 0 saturated carbocycles. The molecule has 1 unspecified atom stereocenters. The van der Waals surface area contributed by atoms with Crippen LogP contribution in [0.2, 0.25) is 0 Å². The van der Waals surface area contributed by atoms with Crippen LogP contribution in [0, 0.1) is 6.92 Å². The van der Waals surface area contributed by atoms with E-state index in [1.807, 2.05) is 79.7 Å². The summed E-state index contributed by atoms with van der Waals surface area (Å²) >= 11 is 3.48. The predicted octanol–water partition coefficient (Wildman–Crippen LogP) is 4.96. The SMILES string of the molecule is Cc1cc(NC(=O)C(Cc2ccccc2)N2Cc3ccccc3C2=O)ccc1Br. The number of benzene rings is 3. The van der Waals surface area contributed by atoms with E-state index in [0.717, 1.165) is 26.9 Å². The third-order valence-corrected chi connectivity index (χ3v) is 6.12. The molecule has 0 radical (unpaired) electrons. The molecular formula is C24H21BrN2O2. The molecule has 1 heterocycles. The minimum atomic E-state index is -0.596. The second-order valence-electron chi connectivity index (χ2n) is 7.25. The number of nitrogens with zero attached hydrogens (tertiary/aromatic N) is 1. The molecule has 0 saturated heterocycles. The number of fused-ring (bicyclic) bond motifs is 1. The van der Waals surface area contributed by atoms with Crippen molar-refractivity contribution in [3.8, 4) is 0 Å². The number of amides is 2. The first-order valence-electron chi connectivity index (χ1n) is 9.53. The van der Waals surface area contributed by atoms with Gasteiger partial charge in [-0.05, 0) is 47.9 Å². The second kappa shape index (κ2) is 8.21. The highest BCUT2D eigenvalue weighted by Crippen LogP contribution is 2.27. The number of halogens is 1. The molecule has 1 aliphatic heterocycles. The van der Waals surface area contributed by atoms with Crippen LogP contribution >= 0.6 is 15.9 Å². The Hall–Kier alpha value is -2.92. The fourth-order valence-electron chi connectivity index (χ4n) is 3.66. The lowest BCUT2D eigenvalue weighted by molar-refractivity contribution is -0.120. The summed E-state index contributed by atoms with van der Waals surface area (Å²) in [6.45, 7) is 2.42. The first-order valence-corrected chi connectivity index (χ1v) is 10.3. The van der Waals surface area contributed by atoms with Crippen LogP contribution < -0.4 is 5.32 Å². The highest BCUT2D eigenvalue weighted by atomic mass is 79.9. The summed E-state index contributed by atoms with van der Waals surface area (Å²) in [4.78, 5) is 28.0. The maximum atomic E-state index is 13.3.